The summed E-state index contributed by atoms with van der Waals surface area (Å²) in [5.74, 6) is -0.00348. The summed E-state index contributed by atoms with van der Waals surface area (Å²) in [6.07, 6.45) is 2.66. The quantitative estimate of drug-likeness (QED) is 0.642. The number of pyridine rings is 1. The molecule has 2 aliphatic rings. The normalized spacial score (nSPS) is 19.4. The van der Waals surface area contributed by atoms with Crippen LogP contribution >= 0.6 is 12.4 Å². The number of benzene rings is 1. The Bertz CT molecular complexity index is 1070. The van der Waals surface area contributed by atoms with E-state index >= 15 is 0 Å². The highest BCUT2D eigenvalue weighted by atomic mass is 35.5. The average Bonchev–Trinajstić information content (AvgIpc) is 3.44. The lowest BCUT2D eigenvalue weighted by Crippen LogP contribution is -2.32. The highest BCUT2D eigenvalue weighted by molar-refractivity contribution is 7.89. The first-order valence-corrected chi connectivity index (χ1v) is 12.8. The zero-order valence-corrected chi connectivity index (χ0v) is 20.9. The van der Waals surface area contributed by atoms with E-state index in [-0.39, 0.29) is 24.2 Å². The second kappa shape index (κ2) is 11.0. The lowest BCUT2D eigenvalue weighted by Gasteiger charge is -2.18. The maximum Gasteiger partial charge on any atom is 0.243 e. The van der Waals surface area contributed by atoms with Crippen LogP contribution in [-0.4, -0.2) is 54.7 Å². The molecule has 4 rings (SSSR count). The molecule has 2 aromatic rings. The number of rotatable bonds is 7. The van der Waals surface area contributed by atoms with Gasteiger partial charge in [-0.3, -0.25) is 14.7 Å². The largest absolute Gasteiger partial charge is 0.350 e. The summed E-state index contributed by atoms with van der Waals surface area (Å²) in [6, 6.07) is 11.3. The third-order valence-corrected chi connectivity index (χ3v) is 8.14. The van der Waals surface area contributed by atoms with Crippen molar-refractivity contribution >= 4 is 28.3 Å². The maximum absolute atomic E-state index is 12.9. The molecule has 33 heavy (non-hydrogen) atoms. The number of nitrogens with one attached hydrogen (secondary N) is 1. The zero-order chi connectivity index (χ0) is 22.7. The molecule has 0 bridgehead atoms. The van der Waals surface area contributed by atoms with E-state index in [4.69, 9.17) is 0 Å². The third-order valence-electron chi connectivity index (χ3n) is 6.25. The number of likely N-dealkylation sites (tertiary alicyclic amines) is 1. The molecule has 180 valence electrons. The van der Waals surface area contributed by atoms with Crippen molar-refractivity contribution in [2.75, 3.05) is 26.2 Å². The molecule has 2 saturated heterocycles. The molecule has 1 aromatic carbocycles. The maximum atomic E-state index is 12.9. The first-order valence-electron chi connectivity index (χ1n) is 11.3. The van der Waals surface area contributed by atoms with Gasteiger partial charge in [-0.1, -0.05) is 12.1 Å². The third kappa shape index (κ3) is 6.32. The predicted molar refractivity (Wildman–Crippen MR) is 131 cm³/mol. The number of hydrogen-bond acceptors (Lipinski definition) is 5. The number of carbonyl (C=O) groups excluding carboxylic acids is 1. The van der Waals surface area contributed by atoms with Gasteiger partial charge in [0.2, 0.25) is 15.9 Å². The molecule has 2 fully saturated rings. The second-order valence-corrected chi connectivity index (χ2v) is 10.9. The van der Waals surface area contributed by atoms with E-state index in [0.29, 0.717) is 37.6 Å². The summed E-state index contributed by atoms with van der Waals surface area (Å²) < 4.78 is 27.3. The molecular weight excluding hydrogens is 460 g/mol. The van der Waals surface area contributed by atoms with Crippen LogP contribution in [0.3, 0.4) is 0 Å². The van der Waals surface area contributed by atoms with Gasteiger partial charge in [-0.15, -0.1) is 12.4 Å². The van der Waals surface area contributed by atoms with E-state index in [2.05, 4.69) is 15.2 Å². The van der Waals surface area contributed by atoms with Crippen LogP contribution in [0.4, 0.5) is 0 Å². The van der Waals surface area contributed by atoms with E-state index in [1.807, 2.05) is 38.1 Å². The number of hydrogen-bond donors (Lipinski definition) is 1. The molecule has 1 unspecified atom stereocenters. The van der Waals surface area contributed by atoms with Gasteiger partial charge >= 0.3 is 0 Å². The topological polar surface area (TPSA) is 82.6 Å². The summed E-state index contributed by atoms with van der Waals surface area (Å²) in [4.78, 5) is 19.7. The Morgan fingerprint density at radius 3 is 2.61 bits per heavy atom. The zero-order valence-electron chi connectivity index (χ0n) is 19.3. The molecule has 7 nitrogen and oxygen atoms in total. The van der Waals surface area contributed by atoms with Crippen molar-refractivity contribution in [3.8, 4) is 0 Å². The van der Waals surface area contributed by atoms with Crippen LogP contribution in [-0.2, 0) is 27.9 Å². The molecule has 0 aliphatic carbocycles. The number of halogens is 1. The Labute approximate surface area is 203 Å². The number of carbonyl (C=O) groups is 1. The fourth-order valence-electron chi connectivity index (χ4n) is 4.67. The molecule has 0 radical (unpaired) electrons. The van der Waals surface area contributed by atoms with Crippen LogP contribution in [0.2, 0.25) is 0 Å². The highest BCUT2D eigenvalue weighted by Gasteiger charge is 2.29. The van der Waals surface area contributed by atoms with Gasteiger partial charge in [-0.2, -0.15) is 4.31 Å². The van der Waals surface area contributed by atoms with Crippen molar-refractivity contribution < 1.29 is 13.2 Å². The summed E-state index contributed by atoms with van der Waals surface area (Å²) in [5, 5.41) is 3.03. The van der Waals surface area contributed by atoms with Crippen LogP contribution in [0.15, 0.2) is 41.3 Å². The van der Waals surface area contributed by atoms with Crippen molar-refractivity contribution in [2.45, 2.75) is 51.1 Å². The Hall–Kier alpha value is -2.00. The number of aromatic nitrogens is 1. The van der Waals surface area contributed by atoms with E-state index in [1.165, 1.54) is 0 Å². The van der Waals surface area contributed by atoms with Gasteiger partial charge in [0.05, 0.1) is 23.1 Å². The molecule has 1 amide bonds. The lowest BCUT2D eigenvalue weighted by atomic mass is 10.1. The number of nitrogens with zero attached hydrogens (tertiary/aromatic N) is 3. The van der Waals surface area contributed by atoms with E-state index in [0.717, 1.165) is 48.3 Å². The molecule has 1 atom stereocenters. The first kappa shape index (κ1) is 25.6. The molecule has 9 heteroatoms. The van der Waals surface area contributed by atoms with Crippen LogP contribution in [0.1, 0.15) is 41.8 Å². The van der Waals surface area contributed by atoms with E-state index in [1.54, 1.807) is 16.4 Å². The molecule has 1 aromatic heterocycles. The SMILES string of the molecule is Cc1cc(C)nc(CNC(=O)C2CCN(Cc3cccc(S(=O)(=O)N4CCCC4)c3)C2)c1.Cl. The average molecular weight is 493 g/mol. The van der Waals surface area contributed by atoms with Gasteiger partial charge in [0.15, 0.2) is 0 Å². The minimum atomic E-state index is -3.41. The van der Waals surface area contributed by atoms with Gasteiger partial charge in [0.1, 0.15) is 0 Å². The lowest BCUT2D eigenvalue weighted by molar-refractivity contribution is -0.124. The van der Waals surface area contributed by atoms with Crippen molar-refractivity contribution in [2.24, 2.45) is 5.92 Å². The van der Waals surface area contributed by atoms with Crippen LogP contribution in [0.5, 0.6) is 0 Å². The van der Waals surface area contributed by atoms with Gasteiger partial charge < -0.3 is 5.32 Å². The standard InChI is InChI=1S/C24H32N4O3S.ClH/c1-18-12-19(2)26-22(13-18)15-25-24(29)21-8-11-27(17-21)16-20-6-5-7-23(14-20)32(30,31)28-9-3-4-10-28;/h5-7,12-14,21H,3-4,8-11,15-17H2,1-2H3,(H,25,29);1H. The molecule has 0 saturated carbocycles. The number of aryl methyl sites for hydroxylation is 2. The van der Waals surface area contributed by atoms with Crippen molar-refractivity contribution in [1.29, 1.82) is 0 Å². The number of sulfonamides is 1. The minimum absolute atomic E-state index is 0. The first-order chi connectivity index (χ1) is 15.3. The van der Waals surface area contributed by atoms with Crippen LogP contribution in [0.25, 0.3) is 0 Å². The predicted octanol–water partition coefficient (Wildman–Crippen LogP) is 3.04. The van der Waals surface area contributed by atoms with Crippen LogP contribution < -0.4 is 5.32 Å². The second-order valence-electron chi connectivity index (χ2n) is 8.97. The monoisotopic (exact) mass is 492 g/mol. The molecule has 0 spiro atoms. The smallest absolute Gasteiger partial charge is 0.243 e. The fraction of sp³-hybridized carbons (Fsp3) is 0.500. The van der Waals surface area contributed by atoms with Crippen LogP contribution in [0, 0.1) is 19.8 Å². The highest BCUT2D eigenvalue weighted by Crippen LogP contribution is 2.24. The van der Waals surface area contributed by atoms with Gasteiger partial charge in [0.25, 0.3) is 0 Å². The van der Waals surface area contributed by atoms with Crippen molar-refractivity contribution in [3.05, 3.63) is 58.9 Å². The number of amides is 1. The van der Waals surface area contributed by atoms with Gasteiger partial charge in [-0.05, 0) is 75.0 Å². The fourth-order valence-corrected chi connectivity index (χ4v) is 6.26. The molecule has 3 heterocycles. The Kier molecular flexibility index (Phi) is 8.50. The van der Waals surface area contributed by atoms with Crippen molar-refractivity contribution in [3.63, 3.8) is 0 Å². The summed E-state index contributed by atoms with van der Waals surface area (Å²) >= 11 is 0. The Balaban J connectivity index is 0.00000306. The molecule has 2 aliphatic heterocycles. The molecule has 1 N–H and O–H groups in total. The van der Waals surface area contributed by atoms with Gasteiger partial charge in [0, 0.05) is 31.9 Å². The summed E-state index contributed by atoms with van der Waals surface area (Å²) in [5.41, 5.74) is 3.94. The van der Waals surface area contributed by atoms with Gasteiger partial charge in [-0.25, -0.2) is 8.42 Å². The van der Waals surface area contributed by atoms with Crippen molar-refractivity contribution in [1.82, 2.24) is 19.5 Å². The van der Waals surface area contributed by atoms with E-state index in [9.17, 15) is 13.2 Å². The summed E-state index contributed by atoms with van der Waals surface area (Å²) in [7, 11) is -3.41. The minimum Gasteiger partial charge on any atom is -0.350 e. The Morgan fingerprint density at radius 2 is 1.88 bits per heavy atom. The molecular formula is C24H33ClN4O3S. The van der Waals surface area contributed by atoms with E-state index < -0.39 is 10.0 Å². The Morgan fingerprint density at radius 1 is 1.12 bits per heavy atom. The summed E-state index contributed by atoms with van der Waals surface area (Å²) in [6.45, 7) is 7.78.